The number of carbonyl (C=O) groups is 1. The average Bonchev–Trinajstić information content (AvgIpc) is 2.48. The maximum atomic E-state index is 12.3. The van der Waals surface area contributed by atoms with E-state index in [4.69, 9.17) is 10.5 Å². The molecule has 0 saturated carbocycles. The Kier molecular flexibility index (Phi) is 4.38. The molecule has 1 amide bonds. The summed E-state index contributed by atoms with van der Waals surface area (Å²) in [7, 11) is 1.55. The van der Waals surface area contributed by atoms with Crippen LogP contribution in [-0.2, 0) is 6.54 Å². The Morgan fingerprint density at radius 1 is 1.20 bits per heavy atom. The van der Waals surface area contributed by atoms with E-state index in [0.29, 0.717) is 17.9 Å². The first-order valence-electron chi connectivity index (χ1n) is 6.39. The summed E-state index contributed by atoms with van der Waals surface area (Å²) in [5.74, 6) is 0.373. The lowest BCUT2D eigenvalue weighted by atomic mass is 10.1. The second kappa shape index (κ2) is 6.21. The van der Waals surface area contributed by atoms with Crippen molar-refractivity contribution >= 4 is 11.6 Å². The summed E-state index contributed by atoms with van der Waals surface area (Å²) in [6.45, 7) is 2.42. The monoisotopic (exact) mass is 270 g/mol. The fourth-order valence-electron chi connectivity index (χ4n) is 1.92. The molecular weight excluding hydrogens is 252 g/mol. The number of anilines is 1. The summed E-state index contributed by atoms with van der Waals surface area (Å²) >= 11 is 0. The van der Waals surface area contributed by atoms with Crippen LogP contribution in [0.2, 0.25) is 0 Å². The number of carbonyl (C=O) groups excluding carboxylic acids is 1. The van der Waals surface area contributed by atoms with Crippen LogP contribution in [-0.4, -0.2) is 13.0 Å². The van der Waals surface area contributed by atoms with Crippen molar-refractivity contribution in [2.24, 2.45) is 5.73 Å². The van der Waals surface area contributed by atoms with Crippen molar-refractivity contribution in [2.75, 3.05) is 12.4 Å². The predicted octanol–water partition coefficient (Wildman–Crippen LogP) is 2.71. The number of nitrogens with two attached hydrogens (primary N) is 1. The molecule has 0 heterocycles. The third-order valence-electron chi connectivity index (χ3n) is 3.05. The summed E-state index contributed by atoms with van der Waals surface area (Å²) in [5, 5.41) is 2.85. The molecule has 0 spiro atoms. The van der Waals surface area contributed by atoms with Crippen LogP contribution in [0.4, 0.5) is 5.69 Å². The topological polar surface area (TPSA) is 64.3 Å². The first-order valence-corrected chi connectivity index (χ1v) is 6.39. The predicted molar refractivity (Wildman–Crippen MR) is 80.0 cm³/mol. The van der Waals surface area contributed by atoms with Gasteiger partial charge in [-0.05, 0) is 36.8 Å². The van der Waals surface area contributed by atoms with Crippen LogP contribution in [0.5, 0.6) is 5.75 Å². The first kappa shape index (κ1) is 14.1. The van der Waals surface area contributed by atoms with Gasteiger partial charge in [0.25, 0.3) is 5.91 Å². The standard InChI is InChI=1S/C16H18N2O2/c1-11-3-8-15(20-2)14(9-11)16(19)18-13-6-4-12(10-17)5-7-13/h3-9H,10,17H2,1-2H3,(H,18,19). The Bertz CT molecular complexity index is 606. The minimum atomic E-state index is -0.189. The lowest BCUT2D eigenvalue weighted by Gasteiger charge is -2.10. The summed E-state index contributed by atoms with van der Waals surface area (Å²) < 4.78 is 5.22. The molecule has 104 valence electrons. The van der Waals surface area contributed by atoms with Gasteiger partial charge in [-0.2, -0.15) is 0 Å². The van der Waals surface area contributed by atoms with Gasteiger partial charge in [-0.25, -0.2) is 0 Å². The van der Waals surface area contributed by atoms with Crippen LogP contribution in [0, 0.1) is 6.92 Å². The fraction of sp³-hybridized carbons (Fsp3) is 0.188. The van der Waals surface area contributed by atoms with Gasteiger partial charge in [0.1, 0.15) is 5.75 Å². The van der Waals surface area contributed by atoms with Crippen molar-refractivity contribution in [2.45, 2.75) is 13.5 Å². The molecule has 2 rings (SSSR count). The Balaban J connectivity index is 2.20. The molecule has 2 aromatic rings. The van der Waals surface area contributed by atoms with Crippen molar-refractivity contribution < 1.29 is 9.53 Å². The molecule has 20 heavy (non-hydrogen) atoms. The Hall–Kier alpha value is -2.33. The Labute approximate surface area is 118 Å². The van der Waals surface area contributed by atoms with Crippen LogP contribution in [0.1, 0.15) is 21.5 Å². The van der Waals surface area contributed by atoms with Crippen molar-refractivity contribution in [1.29, 1.82) is 0 Å². The molecule has 3 N–H and O–H groups in total. The van der Waals surface area contributed by atoms with E-state index >= 15 is 0 Å². The maximum Gasteiger partial charge on any atom is 0.259 e. The smallest absolute Gasteiger partial charge is 0.259 e. The molecule has 0 unspecified atom stereocenters. The van der Waals surface area contributed by atoms with Crippen LogP contribution < -0.4 is 15.8 Å². The Morgan fingerprint density at radius 2 is 1.90 bits per heavy atom. The lowest BCUT2D eigenvalue weighted by molar-refractivity contribution is 0.102. The Morgan fingerprint density at radius 3 is 2.50 bits per heavy atom. The number of aryl methyl sites for hydroxylation is 1. The molecule has 0 aliphatic carbocycles. The zero-order valence-electron chi connectivity index (χ0n) is 11.6. The zero-order chi connectivity index (χ0) is 14.5. The molecule has 0 saturated heterocycles. The zero-order valence-corrected chi connectivity index (χ0v) is 11.6. The van der Waals surface area contributed by atoms with Gasteiger partial charge in [0.15, 0.2) is 0 Å². The van der Waals surface area contributed by atoms with Gasteiger partial charge in [-0.1, -0.05) is 23.8 Å². The number of hydrogen-bond acceptors (Lipinski definition) is 3. The number of methoxy groups -OCH3 is 1. The van der Waals surface area contributed by atoms with E-state index in [9.17, 15) is 4.79 Å². The number of nitrogens with one attached hydrogen (secondary N) is 1. The normalized spacial score (nSPS) is 10.2. The molecule has 4 nitrogen and oxygen atoms in total. The van der Waals surface area contributed by atoms with Crippen LogP contribution >= 0.6 is 0 Å². The van der Waals surface area contributed by atoms with Crippen LogP contribution in [0.3, 0.4) is 0 Å². The second-order valence-electron chi connectivity index (χ2n) is 4.56. The van der Waals surface area contributed by atoms with E-state index in [2.05, 4.69) is 5.32 Å². The second-order valence-corrected chi connectivity index (χ2v) is 4.56. The van der Waals surface area contributed by atoms with Gasteiger partial charge in [0, 0.05) is 12.2 Å². The van der Waals surface area contributed by atoms with Crippen molar-refractivity contribution in [1.82, 2.24) is 0 Å². The highest BCUT2D eigenvalue weighted by atomic mass is 16.5. The highest BCUT2D eigenvalue weighted by Gasteiger charge is 2.12. The van der Waals surface area contributed by atoms with Gasteiger partial charge in [0.2, 0.25) is 0 Å². The van der Waals surface area contributed by atoms with Crippen LogP contribution in [0.25, 0.3) is 0 Å². The molecule has 0 aromatic heterocycles. The summed E-state index contributed by atoms with van der Waals surface area (Å²) in [6.07, 6.45) is 0. The largest absolute Gasteiger partial charge is 0.496 e. The van der Waals surface area contributed by atoms with E-state index in [1.807, 2.05) is 43.3 Å². The molecule has 0 bridgehead atoms. The highest BCUT2D eigenvalue weighted by Crippen LogP contribution is 2.21. The lowest BCUT2D eigenvalue weighted by Crippen LogP contribution is -2.13. The number of hydrogen-bond donors (Lipinski definition) is 2. The maximum absolute atomic E-state index is 12.3. The number of amides is 1. The van der Waals surface area contributed by atoms with Crippen LogP contribution in [0.15, 0.2) is 42.5 Å². The van der Waals surface area contributed by atoms with Gasteiger partial charge in [0.05, 0.1) is 12.7 Å². The third-order valence-corrected chi connectivity index (χ3v) is 3.05. The number of ether oxygens (including phenoxy) is 1. The van der Waals surface area contributed by atoms with E-state index in [0.717, 1.165) is 16.8 Å². The minimum absolute atomic E-state index is 0.189. The van der Waals surface area contributed by atoms with E-state index in [-0.39, 0.29) is 5.91 Å². The van der Waals surface area contributed by atoms with E-state index in [1.54, 1.807) is 13.2 Å². The SMILES string of the molecule is COc1ccc(C)cc1C(=O)Nc1ccc(CN)cc1. The van der Waals surface area contributed by atoms with Gasteiger partial charge < -0.3 is 15.8 Å². The summed E-state index contributed by atoms with van der Waals surface area (Å²) in [6, 6.07) is 13.0. The molecule has 0 radical (unpaired) electrons. The quantitative estimate of drug-likeness (QED) is 0.897. The van der Waals surface area contributed by atoms with E-state index in [1.165, 1.54) is 0 Å². The van der Waals surface area contributed by atoms with Gasteiger partial charge in [-0.15, -0.1) is 0 Å². The van der Waals surface area contributed by atoms with Crippen molar-refractivity contribution in [3.8, 4) is 5.75 Å². The fourth-order valence-corrected chi connectivity index (χ4v) is 1.92. The molecule has 4 heteroatoms. The van der Waals surface area contributed by atoms with Gasteiger partial charge in [-0.3, -0.25) is 4.79 Å². The first-order chi connectivity index (χ1) is 9.63. The van der Waals surface area contributed by atoms with E-state index < -0.39 is 0 Å². The summed E-state index contributed by atoms with van der Waals surface area (Å²) in [5.41, 5.74) is 8.83. The molecule has 2 aromatic carbocycles. The van der Waals surface area contributed by atoms with Crippen molar-refractivity contribution in [3.05, 3.63) is 59.2 Å². The number of benzene rings is 2. The summed E-state index contributed by atoms with van der Waals surface area (Å²) in [4.78, 5) is 12.3. The molecule has 0 fully saturated rings. The van der Waals surface area contributed by atoms with Crippen molar-refractivity contribution in [3.63, 3.8) is 0 Å². The van der Waals surface area contributed by atoms with Gasteiger partial charge >= 0.3 is 0 Å². The minimum Gasteiger partial charge on any atom is -0.496 e. The molecule has 0 atom stereocenters. The average molecular weight is 270 g/mol. The molecule has 0 aliphatic rings. The molecular formula is C16H18N2O2. The highest BCUT2D eigenvalue weighted by molar-refractivity contribution is 6.06. The number of rotatable bonds is 4. The third kappa shape index (κ3) is 3.16. The molecule has 0 aliphatic heterocycles.